The van der Waals surface area contributed by atoms with E-state index in [2.05, 4.69) is 5.32 Å². The molecule has 0 aliphatic rings. The van der Waals surface area contributed by atoms with Crippen molar-refractivity contribution in [3.63, 3.8) is 0 Å². The number of aliphatic carboxylic acids is 1. The van der Waals surface area contributed by atoms with Gasteiger partial charge in [0.25, 0.3) is 0 Å². The third-order valence-electron chi connectivity index (χ3n) is 2.58. The van der Waals surface area contributed by atoms with Crippen molar-refractivity contribution in [3.8, 4) is 0 Å². The molecule has 0 aliphatic heterocycles. The highest BCUT2D eigenvalue weighted by molar-refractivity contribution is 6.42. The van der Waals surface area contributed by atoms with E-state index in [-0.39, 0.29) is 6.04 Å². The molecule has 0 aromatic heterocycles. The Bertz CT molecular complexity index is 409. The third-order valence-corrected chi connectivity index (χ3v) is 3.31. The normalized spacial score (nSPS) is 14.4. The van der Waals surface area contributed by atoms with E-state index in [9.17, 15) is 4.79 Å². The second kappa shape index (κ2) is 6.24. The van der Waals surface area contributed by atoms with Crippen LogP contribution in [0.4, 0.5) is 0 Å². The Labute approximate surface area is 111 Å². The molecule has 0 amide bonds. The van der Waals surface area contributed by atoms with Crippen molar-refractivity contribution >= 4 is 29.2 Å². The molecule has 3 nitrogen and oxygen atoms in total. The quantitative estimate of drug-likeness (QED) is 0.865. The average Bonchev–Trinajstić information content (AvgIpc) is 2.29. The second-order valence-electron chi connectivity index (χ2n) is 3.86. The van der Waals surface area contributed by atoms with Gasteiger partial charge in [0.15, 0.2) is 0 Å². The van der Waals surface area contributed by atoms with Crippen LogP contribution in [0.1, 0.15) is 31.9 Å². The van der Waals surface area contributed by atoms with Gasteiger partial charge in [-0.2, -0.15) is 0 Å². The van der Waals surface area contributed by atoms with Gasteiger partial charge in [0, 0.05) is 6.04 Å². The van der Waals surface area contributed by atoms with Crippen molar-refractivity contribution in [2.75, 3.05) is 0 Å². The number of nitrogens with one attached hydrogen (secondary N) is 1. The van der Waals surface area contributed by atoms with Crippen LogP contribution in [0.3, 0.4) is 0 Å². The van der Waals surface area contributed by atoms with Gasteiger partial charge in [-0.05, 0) is 31.0 Å². The van der Waals surface area contributed by atoms with Crippen molar-refractivity contribution in [3.05, 3.63) is 33.8 Å². The van der Waals surface area contributed by atoms with E-state index in [0.717, 1.165) is 12.0 Å². The van der Waals surface area contributed by atoms with Crippen molar-refractivity contribution in [1.82, 2.24) is 5.32 Å². The van der Waals surface area contributed by atoms with E-state index < -0.39 is 12.0 Å². The lowest BCUT2D eigenvalue weighted by molar-refractivity contribution is -0.139. The Morgan fingerprint density at radius 1 is 1.41 bits per heavy atom. The molecule has 1 aromatic carbocycles. The van der Waals surface area contributed by atoms with E-state index in [1.165, 1.54) is 0 Å². The van der Waals surface area contributed by atoms with E-state index in [4.69, 9.17) is 28.3 Å². The Balaban J connectivity index is 2.86. The smallest absolute Gasteiger partial charge is 0.320 e. The molecule has 0 saturated carbocycles. The van der Waals surface area contributed by atoms with Gasteiger partial charge in [-0.1, -0.05) is 36.2 Å². The van der Waals surface area contributed by atoms with Gasteiger partial charge in [-0.15, -0.1) is 0 Å². The lowest BCUT2D eigenvalue weighted by Crippen LogP contribution is -2.36. The number of benzene rings is 1. The fraction of sp³-hybridized carbons (Fsp3) is 0.417. The summed E-state index contributed by atoms with van der Waals surface area (Å²) in [5.74, 6) is -0.872. The molecule has 0 spiro atoms. The zero-order valence-electron chi connectivity index (χ0n) is 9.71. The van der Waals surface area contributed by atoms with Crippen LogP contribution in [0, 0.1) is 0 Å². The molecule has 0 bridgehead atoms. The summed E-state index contributed by atoms with van der Waals surface area (Å²) in [7, 11) is 0. The van der Waals surface area contributed by atoms with E-state index in [1.54, 1.807) is 19.1 Å². The molecule has 2 atom stereocenters. The number of halogens is 2. The summed E-state index contributed by atoms with van der Waals surface area (Å²) in [4.78, 5) is 10.8. The highest BCUT2D eigenvalue weighted by Crippen LogP contribution is 2.27. The van der Waals surface area contributed by atoms with E-state index >= 15 is 0 Å². The SMILES string of the molecule is CCC(NC(C)C(=O)O)c1ccc(Cl)c(Cl)c1. The summed E-state index contributed by atoms with van der Waals surface area (Å²) >= 11 is 11.8. The van der Waals surface area contributed by atoms with Gasteiger partial charge < -0.3 is 5.11 Å². The van der Waals surface area contributed by atoms with Gasteiger partial charge in [0.2, 0.25) is 0 Å². The summed E-state index contributed by atoms with van der Waals surface area (Å²) in [5, 5.41) is 12.9. The maximum absolute atomic E-state index is 10.8. The summed E-state index contributed by atoms with van der Waals surface area (Å²) in [6.45, 7) is 3.59. The fourth-order valence-corrected chi connectivity index (χ4v) is 1.86. The first kappa shape index (κ1) is 14.3. The van der Waals surface area contributed by atoms with Crippen LogP contribution in [0.2, 0.25) is 10.0 Å². The first-order valence-electron chi connectivity index (χ1n) is 5.39. The van der Waals surface area contributed by atoms with Crippen LogP contribution >= 0.6 is 23.2 Å². The Kier molecular flexibility index (Phi) is 5.25. The van der Waals surface area contributed by atoms with Gasteiger partial charge in [0.1, 0.15) is 6.04 Å². The molecule has 1 rings (SSSR count). The lowest BCUT2D eigenvalue weighted by Gasteiger charge is -2.20. The molecule has 17 heavy (non-hydrogen) atoms. The number of rotatable bonds is 5. The minimum Gasteiger partial charge on any atom is -0.480 e. The zero-order chi connectivity index (χ0) is 13.0. The summed E-state index contributed by atoms with van der Waals surface area (Å²) in [5.41, 5.74) is 0.940. The average molecular weight is 276 g/mol. The van der Waals surface area contributed by atoms with Crippen LogP contribution < -0.4 is 5.32 Å². The summed E-state index contributed by atoms with van der Waals surface area (Å²) in [6, 6.07) is 4.68. The lowest BCUT2D eigenvalue weighted by atomic mass is 10.0. The molecular weight excluding hydrogens is 261 g/mol. The van der Waals surface area contributed by atoms with Crippen molar-refractivity contribution in [2.45, 2.75) is 32.4 Å². The van der Waals surface area contributed by atoms with Crippen LogP contribution in [0.25, 0.3) is 0 Å². The third kappa shape index (κ3) is 3.87. The van der Waals surface area contributed by atoms with E-state index in [1.807, 2.05) is 13.0 Å². The molecule has 0 aliphatic carbocycles. The minimum atomic E-state index is -0.872. The first-order valence-corrected chi connectivity index (χ1v) is 6.15. The monoisotopic (exact) mass is 275 g/mol. The number of carboxylic acid groups (broad SMARTS) is 1. The number of hydrogen-bond donors (Lipinski definition) is 2. The van der Waals surface area contributed by atoms with Gasteiger partial charge >= 0.3 is 5.97 Å². The fourth-order valence-electron chi connectivity index (χ4n) is 1.55. The van der Waals surface area contributed by atoms with Crippen molar-refractivity contribution < 1.29 is 9.90 Å². The summed E-state index contributed by atoms with van der Waals surface area (Å²) in [6.07, 6.45) is 0.773. The molecule has 2 N–H and O–H groups in total. The maximum atomic E-state index is 10.8. The molecule has 0 fully saturated rings. The predicted molar refractivity (Wildman–Crippen MR) is 69.7 cm³/mol. The maximum Gasteiger partial charge on any atom is 0.320 e. The Morgan fingerprint density at radius 3 is 2.53 bits per heavy atom. The molecule has 0 saturated heterocycles. The van der Waals surface area contributed by atoms with Crippen LogP contribution in [-0.2, 0) is 4.79 Å². The van der Waals surface area contributed by atoms with Crippen molar-refractivity contribution in [1.29, 1.82) is 0 Å². The van der Waals surface area contributed by atoms with E-state index in [0.29, 0.717) is 10.0 Å². The van der Waals surface area contributed by atoms with Gasteiger partial charge in [-0.25, -0.2) is 0 Å². The number of hydrogen-bond acceptors (Lipinski definition) is 2. The van der Waals surface area contributed by atoms with Crippen LogP contribution in [0.15, 0.2) is 18.2 Å². The first-order chi connectivity index (χ1) is 7.95. The summed E-state index contributed by atoms with van der Waals surface area (Å²) < 4.78 is 0. The zero-order valence-corrected chi connectivity index (χ0v) is 11.2. The molecular formula is C12H15Cl2NO2. The Hall–Kier alpha value is -0.770. The van der Waals surface area contributed by atoms with Crippen molar-refractivity contribution in [2.24, 2.45) is 0 Å². The number of carboxylic acids is 1. The topological polar surface area (TPSA) is 49.3 Å². The highest BCUT2D eigenvalue weighted by Gasteiger charge is 2.17. The van der Waals surface area contributed by atoms with Crippen LogP contribution in [0.5, 0.6) is 0 Å². The molecule has 94 valence electrons. The largest absolute Gasteiger partial charge is 0.480 e. The molecule has 0 radical (unpaired) electrons. The predicted octanol–water partition coefficient (Wildman–Crippen LogP) is 3.51. The minimum absolute atomic E-state index is 0.0455. The highest BCUT2D eigenvalue weighted by atomic mass is 35.5. The Morgan fingerprint density at radius 2 is 2.06 bits per heavy atom. The molecule has 2 unspecified atom stereocenters. The standard InChI is InChI=1S/C12H15Cl2NO2/c1-3-11(15-7(2)12(16)17)8-4-5-9(13)10(14)6-8/h4-7,11,15H,3H2,1-2H3,(H,16,17). The molecule has 5 heteroatoms. The van der Waals surface area contributed by atoms with Gasteiger partial charge in [-0.3, -0.25) is 10.1 Å². The van der Waals surface area contributed by atoms with Gasteiger partial charge in [0.05, 0.1) is 10.0 Å². The number of carbonyl (C=O) groups is 1. The molecule has 1 aromatic rings. The van der Waals surface area contributed by atoms with Crippen LogP contribution in [-0.4, -0.2) is 17.1 Å². The molecule has 0 heterocycles. The second-order valence-corrected chi connectivity index (χ2v) is 4.68.